The molecule has 0 aromatic carbocycles. The van der Waals surface area contributed by atoms with Gasteiger partial charge in [0.2, 0.25) is 0 Å². The van der Waals surface area contributed by atoms with Crippen LogP contribution in [0.5, 0.6) is 0 Å². The zero-order valence-electron chi connectivity index (χ0n) is 8.51. The molecule has 2 heteroatoms. The molecule has 0 radical (unpaired) electrons. The second-order valence-corrected chi connectivity index (χ2v) is 6.59. The predicted molar refractivity (Wildman–Crippen MR) is 64.8 cm³/mol. The number of aryl methyl sites for hydroxylation is 1. The Morgan fingerprint density at radius 1 is 1.46 bits per heavy atom. The van der Waals surface area contributed by atoms with Gasteiger partial charge >= 0.3 is 0 Å². The molecule has 1 aromatic heterocycles. The minimum Gasteiger partial charge on any atom is -0.149 e. The number of hydrogen-bond acceptors (Lipinski definition) is 1. The summed E-state index contributed by atoms with van der Waals surface area (Å²) in [6.07, 6.45) is 2.43. The molecule has 74 valence electrons. The van der Waals surface area contributed by atoms with Gasteiger partial charge in [-0.05, 0) is 29.7 Å². The Balaban J connectivity index is 2.35. The van der Waals surface area contributed by atoms with Crippen LogP contribution in [-0.2, 0) is 6.42 Å². The average Bonchev–Trinajstić information content (AvgIpc) is 2.50. The van der Waals surface area contributed by atoms with Crippen molar-refractivity contribution in [2.45, 2.75) is 38.4 Å². The third-order valence-corrected chi connectivity index (χ3v) is 4.93. The van der Waals surface area contributed by atoms with Crippen LogP contribution in [0.4, 0.5) is 0 Å². The lowest BCUT2D eigenvalue weighted by atomic mass is 9.89. The van der Waals surface area contributed by atoms with E-state index in [4.69, 9.17) is 0 Å². The van der Waals surface area contributed by atoms with Crippen molar-refractivity contribution in [3.05, 3.63) is 22.4 Å². The number of halogens is 1. The summed E-state index contributed by atoms with van der Waals surface area (Å²) >= 11 is 5.60. The first-order valence-electron chi connectivity index (χ1n) is 4.66. The van der Waals surface area contributed by atoms with E-state index in [2.05, 4.69) is 54.2 Å². The molecule has 0 bridgehead atoms. The highest BCUT2D eigenvalue weighted by atomic mass is 79.9. The monoisotopic (exact) mass is 260 g/mol. The number of alkyl halides is 1. The molecule has 0 amide bonds. The van der Waals surface area contributed by atoms with Crippen LogP contribution in [0.25, 0.3) is 0 Å². The normalized spacial score (nSPS) is 14.5. The van der Waals surface area contributed by atoms with Crippen LogP contribution in [0.3, 0.4) is 0 Å². The van der Waals surface area contributed by atoms with Crippen molar-refractivity contribution in [2.75, 3.05) is 0 Å². The van der Waals surface area contributed by atoms with Crippen LogP contribution >= 0.6 is 27.3 Å². The van der Waals surface area contributed by atoms with Gasteiger partial charge in [-0.1, -0.05) is 42.8 Å². The molecule has 0 N–H and O–H groups in total. The summed E-state index contributed by atoms with van der Waals surface area (Å²) in [6, 6.07) is 4.34. The molecule has 1 atom stereocenters. The van der Waals surface area contributed by atoms with E-state index in [0.29, 0.717) is 10.2 Å². The van der Waals surface area contributed by atoms with Gasteiger partial charge in [0.15, 0.2) is 0 Å². The third-order valence-electron chi connectivity index (χ3n) is 2.16. The standard InChI is InChI=1S/C11H17BrS/c1-11(2,3)10(12)7-6-9-5-4-8-13-9/h4-5,8,10H,6-7H2,1-3H3. The summed E-state index contributed by atoms with van der Waals surface area (Å²) in [5.41, 5.74) is 0.372. The lowest BCUT2D eigenvalue weighted by Crippen LogP contribution is -2.20. The lowest BCUT2D eigenvalue weighted by Gasteiger charge is -2.25. The highest BCUT2D eigenvalue weighted by molar-refractivity contribution is 9.09. The zero-order valence-corrected chi connectivity index (χ0v) is 10.9. The predicted octanol–water partition coefficient (Wildman–Crippen LogP) is 4.49. The van der Waals surface area contributed by atoms with Crippen LogP contribution < -0.4 is 0 Å². The van der Waals surface area contributed by atoms with Crippen molar-refractivity contribution in [3.63, 3.8) is 0 Å². The Kier molecular flexibility index (Phi) is 3.99. The minimum atomic E-state index is 0.372. The van der Waals surface area contributed by atoms with E-state index in [1.165, 1.54) is 17.7 Å². The molecule has 1 aromatic rings. The van der Waals surface area contributed by atoms with Gasteiger partial charge in [0.25, 0.3) is 0 Å². The van der Waals surface area contributed by atoms with Crippen molar-refractivity contribution in [1.82, 2.24) is 0 Å². The van der Waals surface area contributed by atoms with Gasteiger partial charge in [0.1, 0.15) is 0 Å². The number of hydrogen-bond donors (Lipinski definition) is 0. The van der Waals surface area contributed by atoms with E-state index < -0.39 is 0 Å². The Hall–Kier alpha value is 0.180. The molecule has 13 heavy (non-hydrogen) atoms. The maximum atomic E-state index is 3.75. The molecule has 1 heterocycles. The molecule has 0 nitrogen and oxygen atoms in total. The average molecular weight is 261 g/mol. The smallest absolute Gasteiger partial charge is 0.0197 e. The van der Waals surface area contributed by atoms with Gasteiger partial charge in [-0.15, -0.1) is 11.3 Å². The Labute approximate surface area is 93.5 Å². The topological polar surface area (TPSA) is 0 Å². The molecule has 0 aliphatic rings. The molecule has 1 unspecified atom stereocenters. The van der Waals surface area contributed by atoms with Gasteiger partial charge in [0.05, 0.1) is 0 Å². The maximum Gasteiger partial charge on any atom is 0.0197 e. The Morgan fingerprint density at radius 2 is 2.15 bits per heavy atom. The number of thiophene rings is 1. The Morgan fingerprint density at radius 3 is 2.62 bits per heavy atom. The summed E-state index contributed by atoms with van der Waals surface area (Å²) in [5.74, 6) is 0. The van der Waals surface area contributed by atoms with Gasteiger partial charge in [-0.2, -0.15) is 0 Å². The van der Waals surface area contributed by atoms with Crippen LogP contribution in [0.15, 0.2) is 17.5 Å². The summed E-state index contributed by atoms with van der Waals surface area (Å²) in [6.45, 7) is 6.84. The summed E-state index contributed by atoms with van der Waals surface area (Å²) < 4.78 is 0. The molecule has 0 spiro atoms. The van der Waals surface area contributed by atoms with Crippen LogP contribution in [0.2, 0.25) is 0 Å². The van der Waals surface area contributed by atoms with Gasteiger partial charge < -0.3 is 0 Å². The lowest BCUT2D eigenvalue weighted by molar-refractivity contribution is 0.386. The molecule has 1 rings (SSSR count). The molecular weight excluding hydrogens is 244 g/mol. The van der Waals surface area contributed by atoms with Crippen molar-refractivity contribution in [3.8, 4) is 0 Å². The fourth-order valence-electron chi connectivity index (χ4n) is 1.16. The first kappa shape index (κ1) is 11.3. The molecule has 0 saturated heterocycles. The van der Waals surface area contributed by atoms with E-state index in [1.807, 2.05) is 11.3 Å². The van der Waals surface area contributed by atoms with Crippen LogP contribution in [0, 0.1) is 5.41 Å². The minimum absolute atomic E-state index is 0.372. The maximum absolute atomic E-state index is 3.75. The van der Waals surface area contributed by atoms with Crippen molar-refractivity contribution >= 4 is 27.3 Å². The highest BCUT2D eigenvalue weighted by Crippen LogP contribution is 2.30. The summed E-state index contributed by atoms with van der Waals surface area (Å²) in [7, 11) is 0. The SMILES string of the molecule is CC(C)(C)C(Br)CCc1cccs1. The first-order chi connectivity index (χ1) is 6.00. The quantitative estimate of drug-likeness (QED) is 0.703. The van der Waals surface area contributed by atoms with Crippen molar-refractivity contribution < 1.29 is 0 Å². The summed E-state index contributed by atoms with van der Waals surface area (Å²) in [4.78, 5) is 2.11. The van der Waals surface area contributed by atoms with E-state index in [-0.39, 0.29) is 0 Å². The zero-order chi connectivity index (χ0) is 9.90. The van der Waals surface area contributed by atoms with Crippen molar-refractivity contribution in [2.24, 2.45) is 5.41 Å². The molecule has 0 aliphatic heterocycles. The first-order valence-corrected chi connectivity index (χ1v) is 6.46. The molecule has 0 aliphatic carbocycles. The second kappa shape index (κ2) is 4.61. The fraction of sp³-hybridized carbons (Fsp3) is 0.636. The van der Waals surface area contributed by atoms with Gasteiger partial charge in [-0.3, -0.25) is 0 Å². The largest absolute Gasteiger partial charge is 0.149 e. The van der Waals surface area contributed by atoms with E-state index in [1.54, 1.807) is 0 Å². The van der Waals surface area contributed by atoms with E-state index in [9.17, 15) is 0 Å². The Bertz CT molecular complexity index is 233. The van der Waals surface area contributed by atoms with E-state index >= 15 is 0 Å². The van der Waals surface area contributed by atoms with Gasteiger partial charge in [0, 0.05) is 9.70 Å². The van der Waals surface area contributed by atoms with E-state index in [0.717, 1.165) is 0 Å². The highest BCUT2D eigenvalue weighted by Gasteiger charge is 2.21. The van der Waals surface area contributed by atoms with Crippen molar-refractivity contribution in [1.29, 1.82) is 0 Å². The second-order valence-electron chi connectivity index (χ2n) is 4.45. The molecule has 0 saturated carbocycles. The number of rotatable bonds is 3. The third kappa shape index (κ3) is 3.82. The molecule has 0 fully saturated rings. The van der Waals surface area contributed by atoms with Crippen LogP contribution in [0.1, 0.15) is 32.1 Å². The fourth-order valence-corrected chi connectivity index (χ4v) is 2.11. The summed E-state index contributed by atoms with van der Waals surface area (Å²) in [5, 5.41) is 2.15. The molecular formula is C11H17BrS. The van der Waals surface area contributed by atoms with Gasteiger partial charge in [-0.25, -0.2) is 0 Å². The van der Waals surface area contributed by atoms with Crippen LogP contribution in [-0.4, -0.2) is 4.83 Å².